The van der Waals surface area contributed by atoms with Crippen LogP contribution in [0.5, 0.6) is 0 Å². The van der Waals surface area contributed by atoms with E-state index in [2.05, 4.69) is 0 Å². The molecule has 0 radical (unpaired) electrons. The average molecular weight is 301 g/mol. The molecule has 0 aromatic carbocycles. The van der Waals surface area contributed by atoms with Crippen molar-refractivity contribution >= 4 is 21.9 Å². The number of aryl methyl sites for hydroxylation is 1. The first kappa shape index (κ1) is 14.5. The lowest BCUT2D eigenvalue weighted by Crippen LogP contribution is -2.50. The van der Waals surface area contributed by atoms with E-state index in [-0.39, 0.29) is 28.8 Å². The molecule has 1 fully saturated rings. The van der Waals surface area contributed by atoms with Crippen molar-refractivity contribution < 1.29 is 23.1 Å². The van der Waals surface area contributed by atoms with E-state index in [9.17, 15) is 18.0 Å². The lowest BCUT2D eigenvalue weighted by molar-refractivity contribution is -0.139. The van der Waals surface area contributed by atoms with Crippen molar-refractivity contribution in [2.24, 2.45) is 18.1 Å². The van der Waals surface area contributed by atoms with Gasteiger partial charge in [0.15, 0.2) is 0 Å². The Morgan fingerprint density at radius 1 is 1.45 bits per heavy atom. The molecule has 8 nitrogen and oxygen atoms in total. The molecule has 0 saturated carbocycles. The molecule has 2 heterocycles. The number of carboxylic acids is 1. The normalized spacial score (nSPS) is 16.0. The van der Waals surface area contributed by atoms with Crippen LogP contribution in [0.1, 0.15) is 16.9 Å². The monoisotopic (exact) mass is 301 g/mol. The van der Waals surface area contributed by atoms with Crippen molar-refractivity contribution in [2.45, 2.75) is 11.3 Å². The van der Waals surface area contributed by atoms with E-state index >= 15 is 0 Å². The number of nitrogens with two attached hydrogens (primary N) is 1. The van der Waals surface area contributed by atoms with Crippen LogP contribution in [0.25, 0.3) is 0 Å². The van der Waals surface area contributed by atoms with Crippen molar-refractivity contribution in [1.82, 2.24) is 9.47 Å². The number of likely N-dealkylation sites (tertiary alicyclic amines) is 1. The fraction of sp³-hybridized carbons (Fsp3) is 0.455. The summed E-state index contributed by atoms with van der Waals surface area (Å²) in [4.78, 5) is 24.0. The van der Waals surface area contributed by atoms with Crippen LogP contribution in [-0.4, -0.2) is 48.0 Å². The minimum atomic E-state index is -3.85. The maximum Gasteiger partial charge on any atom is 0.303 e. The summed E-state index contributed by atoms with van der Waals surface area (Å²) < 4.78 is 23.8. The molecule has 0 aliphatic carbocycles. The highest BCUT2D eigenvalue weighted by Crippen LogP contribution is 2.22. The standard InChI is InChI=1S/C11H15N3O5S/c1-13-6-8(20(12,18)19)3-9(13)11(17)14-4-7(5-14)2-10(15)16/h3,6-7H,2,4-5H2,1H3,(H,15,16)(H2,12,18,19). The van der Waals surface area contributed by atoms with E-state index in [4.69, 9.17) is 10.2 Å². The van der Waals surface area contributed by atoms with Crippen LogP contribution in [0.2, 0.25) is 0 Å². The highest BCUT2D eigenvalue weighted by Gasteiger charge is 2.33. The number of nitrogens with zero attached hydrogens (tertiary/aromatic N) is 2. The summed E-state index contributed by atoms with van der Waals surface area (Å²) in [7, 11) is -2.30. The van der Waals surface area contributed by atoms with E-state index in [0.29, 0.717) is 13.1 Å². The van der Waals surface area contributed by atoms with Gasteiger partial charge in [0.05, 0.1) is 6.42 Å². The summed E-state index contributed by atoms with van der Waals surface area (Å²) in [5, 5.41) is 13.6. The minimum absolute atomic E-state index is 0.0271. The van der Waals surface area contributed by atoms with Gasteiger partial charge in [-0.2, -0.15) is 0 Å². The number of hydrogen-bond donors (Lipinski definition) is 2. The molecule has 1 saturated heterocycles. The molecule has 0 bridgehead atoms. The van der Waals surface area contributed by atoms with Gasteiger partial charge in [-0.3, -0.25) is 9.59 Å². The Balaban J connectivity index is 2.08. The first-order valence-electron chi connectivity index (χ1n) is 5.88. The zero-order valence-electron chi connectivity index (χ0n) is 10.8. The predicted octanol–water partition coefficient (Wildman–Crippen LogP) is -0.781. The minimum Gasteiger partial charge on any atom is -0.481 e. The number of rotatable bonds is 4. The fourth-order valence-electron chi connectivity index (χ4n) is 2.18. The summed E-state index contributed by atoms with van der Waals surface area (Å²) in [6.45, 7) is 0.724. The molecule has 1 aromatic heterocycles. The van der Waals surface area contributed by atoms with Crippen LogP contribution in [0.4, 0.5) is 0 Å². The molecule has 0 atom stereocenters. The highest BCUT2D eigenvalue weighted by molar-refractivity contribution is 7.89. The third-order valence-corrected chi connectivity index (χ3v) is 4.12. The topological polar surface area (TPSA) is 123 Å². The van der Waals surface area contributed by atoms with Crippen LogP contribution < -0.4 is 5.14 Å². The summed E-state index contributed by atoms with van der Waals surface area (Å²) in [5.74, 6) is -1.27. The number of carbonyl (C=O) groups is 2. The lowest BCUT2D eigenvalue weighted by Gasteiger charge is -2.38. The maximum atomic E-state index is 12.1. The SMILES string of the molecule is Cn1cc(S(N)(=O)=O)cc1C(=O)N1CC(CC(=O)O)C1. The molecule has 1 aliphatic rings. The molecule has 1 aliphatic heterocycles. The number of hydrogen-bond acceptors (Lipinski definition) is 4. The third kappa shape index (κ3) is 2.83. The van der Waals surface area contributed by atoms with Crippen LogP contribution in [0.3, 0.4) is 0 Å². The number of carbonyl (C=O) groups excluding carboxylic acids is 1. The van der Waals surface area contributed by atoms with E-state index in [1.807, 2.05) is 0 Å². The van der Waals surface area contributed by atoms with E-state index in [1.165, 1.54) is 21.7 Å². The molecule has 20 heavy (non-hydrogen) atoms. The molecular formula is C11H15N3O5S. The van der Waals surface area contributed by atoms with E-state index < -0.39 is 16.0 Å². The summed E-state index contributed by atoms with van der Waals surface area (Å²) in [5.41, 5.74) is 0.211. The molecule has 0 unspecified atom stereocenters. The molecule has 2 rings (SSSR count). The number of carboxylic acid groups (broad SMARTS) is 1. The largest absolute Gasteiger partial charge is 0.481 e. The van der Waals surface area contributed by atoms with Crippen LogP contribution >= 0.6 is 0 Å². The zero-order valence-corrected chi connectivity index (χ0v) is 11.6. The Labute approximate surface area is 115 Å². The molecule has 110 valence electrons. The Kier molecular flexibility index (Phi) is 3.57. The second-order valence-corrected chi connectivity index (χ2v) is 6.45. The van der Waals surface area contributed by atoms with Crippen LogP contribution in [0.15, 0.2) is 17.2 Å². The van der Waals surface area contributed by atoms with Crippen molar-refractivity contribution in [3.8, 4) is 0 Å². The summed E-state index contributed by atoms with van der Waals surface area (Å²) in [6, 6.07) is 1.22. The van der Waals surface area contributed by atoms with Crippen molar-refractivity contribution in [3.63, 3.8) is 0 Å². The predicted molar refractivity (Wildman–Crippen MR) is 68.4 cm³/mol. The number of aliphatic carboxylic acids is 1. The Bertz CT molecular complexity index is 658. The van der Waals surface area contributed by atoms with Gasteiger partial charge in [0.25, 0.3) is 5.91 Å². The fourth-order valence-corrected chi connectivity index (χ4v) is 2.76. The van der Waals surface area contributed by atoms with Crippen molar-refractivity contribution in [3.05, 3.63) is 18.0 Å². The Morgan fingerprint density at radius 3 is 2.50 bits per heavy atom. The highest BCUT2D eigenvalue weighted by atomic mass is 32.2. The lowest BCUT2D eigenvalue weighted by atomic mass is 9.96. The molecular weight excluding hydrogens is 286 g/mol. The van der Waals surface area contributed by atoms with E-state index in [0.717, 1.165) is 0 Å². The molecule has 1 aromatic rings. The second kappa shape index (κ2) is 4.91. The van der Waals surface area contributed by atoms with Crippen LogP contribution in [-0.2, 0) is 21.9 Å². The van der Waals surface area contributed by atoms with Gasteiger partial charge in [-0.15, -0.1) is 0 Å². The van der Waals surface area contributed by atoms with Crippen molar-refractivity contribution in [1.29, 1.82) is 0 Å². The molecule has 9 heteroatoms. The number of aromatic nitrogens is 1. The third-order valence-electron chi connectivity index (χ3n) is 3.24. The van der Waals surface area contributed by atoms with Crippen molar-refractivity contribution in [2.75, 3.05) is 13.1 Å². The first-order chi connectivity index (χ1) is 9.18. The maximum absolute atomic E-state index is 12.1. The quantitative estimate of drug-likeness (QED) is 0.755. The van der Waals surface area contributed by atoms with Gasteiger partial charge in [-0.25, -0.2) is 13.6 Å². The molecule has 1 amide bonds. The number of amides is 1. The van der Waals surface area contributed by atoms with Gasteiger partial charge in [-0.05, 0) is 6.07 Å². The van der Waals surface area contributed by atoms with Gasteiger partial charge in [0.2, 0.25) is 10.0 Å². The Morgan fingerprint density at radius 2 is 2.05 bits per heavy atom. The van der Waals surface area contributed by atoms with Gasteiger partial charge < -0.3 is 14.6 Å². The average Bonchev–Trinajstić information content (AvgIpc) is 2.63. The molecule has 3 N–H and O–H groups in total. The molecule has 0 spiro atoms. The number of sulfonamides is 1. The summed E-state index contributed by atoms with van der Waals surface area (Å²) in [6.07, 6.45) is 1.30. The second-order valence-electron chi connectivity index (χ2n) is 4.89. The van der Waals surface area contributed by atoms with Gasteiger partial charge >= 0.3 is 5.97 Å². The first-order valence-corrected chi connectivity index (χ1v) is 7.43. The zero-order chi connectivity index (χ0) is 15.1. The van der Waals surface area contributed by atoms with Gasteiger partial charge in [0.1, 0.15) is 10.6 Å². The van der Waals surface area contributed by atoms with Gasteiger partial charge in [0, 0.05) is 32.3 Å². The van der Waals surface area contributed by atoms with E-state index in [1.54, 1.807) is 7.05 Å². The summed E-state index contributed by atoms with van der Waals surface area (Å²) >= 11 is 0. The van der Waals surface area contributed by atoms with Crippen LogP contribution in [0, 0.1) is 5.92 Å². The van der Waals surface area contributed by atoms with Gasteiger partial charge in [-0.1, -0.05) is 0 Å². The number of primary sulfonamides is 1. The smallest absolute Gasteiger partial charge is 0.303 e. The Hall–Kier alpha value is -1.87.